The van der Waals surface area contributed by atoms with Gasteiger partial charge in [0.05, 0.1) is 11.5 Å². The van der Waals surface area contributed by atoms with Crippen LogP contribution in [0.1, 0.15) is 31.5 Å². The Morgan fingerprint density at radius 2 is 2.26 bits per heavy atom. The summed E-state index contributed by atoms with van der Waals surface area (Å²) in [7, 11) is -3.49. The molecule has 2 rings (SSSR count). The van der Waals surface area contributed by atoms with Crippen LogP contribution in [0.4, 0.5) is 0 Å². The molecule has 0 spiro atoms. The first kappa shape index (κ1) is 14.9. The summed E-state index contributed by atoms with van der Waals surface area (Å²) in [5.41, 5.74) is 0.667. The number of rotatable bonds is 7. The van der Waals surface area contributed by atoms with E-state index in [1.165, 1.54) is 0 Å². The molecule has 0 saturated heterocycles. The van der Waals surface area contributed by atoms with Crippen molar-refractivity contribution in [3.63, 3.8) is 0 Å². The van der Waals surface area contributed by atoms with E-state index in [1.807, 2.05) is 17.7 Å². The maximum Gasteiger partial charge on any atom is 0.242 e. The van der Waals surface area contributed by atoms with Gasteiger partial charge in [0.1, 0.15) is 0 Å². The van der Waals surface area contributed by atoms with Crippen molar-refractivity contribution in [3.8, 4) is 0 Å². The van der Waals surface area contributed by atoms with E-state index in [0.29, 0.717) is 11.7 Å². The average molecular weight is 304 g/mol. The minimum Gasteiger partial charge on any atom is -0.390 e. The molecule has 0 bridgehead atoms. The van der Waals surface area contributed by atoms with Crippen molar-refractivity contribution in [1.29, 1.82) is 0 Å². The van der Waals surface area contributed by atoms with E-state index in [9.17, 15) is 13.5 Å². The van der Waals surface area contributed by atoms with Gasteiger partial charge in [-0.3, -0.25) is 0 Å². The third-order valence-electron chi connectivity index (χ3n) is 3.09. The summed E-state index contributed by atoms with van der Waals surface area (Å²) in [6.45, 7) is 1.71. The Morgan fingerprint density at radius 1 is 1.58 bits per heavy atom. The molecule has 1 fully saturated rings. The topological polar surface area (TPSA) is 71.3 Å². The fourth-order valence-corrected chi connectivity index (χ4v) is 4.06. The van der Waals surface area contributed by atoms with Crippen LogP contribution in [0, 0.1) is 0 Å². The van der Waals surface area contributed by atoms with Crippen LogP contribution in [-0.2, 0) is 16.6 Å². The normalized spacial score (nSPS) is 17.6. The van der Waals surface area contributed by atoms with Crippen LogP contribution in [0.3, 0.4) is 0 Å². The van der Waals surface area contributed by atoms with E-state index < -0.39 is 10.0 Å². The van der Waals surface area contributed by atoms with E-state index in [2.05, 4.69) is 4.72 Å². The third kappa shape index (κ3) is 3.53. The maximum absolute atomic E-state index is 12.2. The van der Waals surface area contributed by atoms with Gasteiger partial charge in [-0.25, -0.2) is 13.1 Å². The van der Waals surface area contributed by atoms with Crippen molar-refractivity contribution in [2.45, 2.75) is 43.4 Å². The Morgan fingerprint density at radius 3 is 2.79 bits per heavy atom. The fraction of sp³-hybridized carbons (Fsp3) is 0.667. The molecule has 1 unspecified atom stereocenters. The second-order valence-electron chi connectivity index (χ2n) is 4.94. The van der Waals surface area contributed by atoms with E-state index in [1.54, 1.807) is 24.0 Å². The highest BCUT2D eigenvalue weighted by molar-refractivity contribution is 7.98. The second-order valence-corrected chi connectivity index (χ2v) is 7.57. The molecule has 1 aliphatic carbocycles. The molecule has 1 aromatic rings. The smallest absolute Gasteiger partial charge is 0.242 e. The lowest BCUT2D eigenvalue weighted by molar-refractivity contribution is 0.270. The molecule has 0 aromatic carbocycles. The summed E-state index contributed by atoms with van der Waals surface area (Å²) in [6, 6.07) is 1.81. The van der Waals surface area contributed by atoms with E-state index in [-0.39, 0.29) is 17.5 Å². The number of thioether (sulfide) groups is 1. The minimum atomic E-state index is -3.49. The van der Waals surface area contributed by atoms with Gasteiger partial charge in [-0.15, -0.1) is 0 Å². The standard InChI is InChI=1S/C12H20N2O3S2/c1-9(8-18-2)13-19(16,17)12-5-11(7-15)14(6-12)10-3-4-10/h5-6,9-10,13,15H,3-4,7-8H2,1-2H3. The highest BCUT2D eigenvalue weighted by atomic mass is 32.2. The van der Waals surface area contributed by atoms with Gasteiger partial charge in [0.2, 0.25) is 10.0 Å². The molecule has 5 nitrogen and oxygen atoms in total. The quantitative estimate of drug-likeness (QED) is 0.797. The largest absolute Gasteiger partial charge is 0.390 e. The molecule has 2 N–H and O–H groups in total. The molecule has 1 atom stereocenters. The molecule has 1 aromatic heterocycles. The third-order valence-corrected chi connectivity index (χ3v) is 5.48. The van der Waals surface area contributed by atoms with Gasteiger partial charge in [0.25, 0.3) is 0 Å². The average Bonchev–Trinajstić information content (AvgIpc) is 3.07. The van der Waals surface area contributed by atoms with Gasteiger partial charge in [-0.2, -0.15) is 11.8 Å². The van der Waals surface area contributed by atoms with E-state index >= 15 is 0 Å². The van der Waals surface area contributed by atoms with Crippen molar-refractivity contribution >= 4 is 21.8 Å². The van der Waals surface area contributed by atoms with Gasteiger partial charge in [0.15, 0.2) is 0 Å². The molecule has 108 valence electrons. The zero-order valence-electron chi connectivity index (χ0n) is 11.2. The van der Waals surface area contributed by atoms with Crippen molar-refractivity contribution in [2.24, 2.45) is 0 Å². The highest BCUT2D eigenvalue weighted by Crippen LogP contribution is 2.37. The molecule has 1 heterocycles. The first-order valence-corrected chi connectivity index (χ1v) is 9.18. The van der Waals surface area contributed by atoms with Crippen molar-refractivity contribution in [2.75, 3.05) is 12.0 Å². The SMILES string of the molecule is CSCC(C)NS(=O)(=O)c1cc(CO)n(C2CC2)c1. The zero-order valence-corrected chi connectivity index (χ0v) is 12.8. The molecular weight excluding hydrogens is 284 g/mol. The number of sulfonamides is 1. The minimum absolute atomic E-state index is 0.109. The first-order chi connectivity index (χ1) is 8.97. The fourth-order valence-electron chi connectivity index (χ4n) is 2.08. The maximum atomic E-state index is 12.2. The van der Waals surface area contributed by atoms with Gasteiger partial charge in [0, 0.05) is 29.7 Å². The zero-order chi connectivity index (χ0) is 14.0. The van der Waals surface area contributed by atoms with Gasteiger partial charge < -0.3 is 9.67 Å². The molecule has 0 radical (unpaired) electrons. The summed E-state index contributed by atoms with van der Waals surface area (Å²) >= 11 is 1.60. The highest BCUT2D eigenvalue weighted by Gasteiger charge is 2.28. The lowest BCUT2D eigenvalue weighted by Crippen LogP contribution is -2.34. The molecule has 0 amide bonds. The summed E-state index contributed by atoms with van der Waals surface area (Å²) in [5, 5.41) is 9.30. The van der Waals surface area contributed by atoms with Crippen LogP contribution in [0.2, 0.25) is 0 Å². The Kier molecular flexibility index (Phi) is 4.60. The Labute approximate surface area is 118 Å². The summed E-state index contributed by atoms with van der Waals surface area (Å²) in [5.74, 6) is 0.732. The van der Waals surface area contributed by atoms with Crippen LogP contribution in [0.15, 0.2) is 17.2 Å². The van der Waals surface area contributed by atoms with Crippen molar-refractivity contribution < 1.29 is 13.5 Å². The van der Waals surface area contributed by atoms with Crippen molar-refractivity contribution in [3.05, 3.63) is 18.0 Å². The first-order valence-electron chi connectivity index (χ1n) is 6.31. The van der Waals surface area contributed by atoms with Gasteiger partial charge in [-0.05, 0) is 32.1 Å². The number of aromatic nitrogens is 1. The van der Waals surface area contributed by atoms with Gasteiger partial charge in [-0.1, -0.05) is 0 Å². The Balaban J connectivity index is 2.20. The number of aliphatic hydroxyl groups excluding tert-OH is 1. The molecular formula is C12H20N2O3S2. The monoisotopic (exact) mass is 304 g/mol. The Hall–Kier alpha value is -0.500. The lowest BCUT2D eigenvalue weighted by atomic mass is 10.4. The molecule has 7 heteroatoms. The molecule has 19 heavy (non-hydrogen) atoms. The number of aliphatic hydroxyl groups is 1. The lowest BCUT2D eigenvalue weighted by Gasteiger charge is -2.11. The number of nitrogens with zero attached hydrogens (tertiary/aromatic N) is 1. The molecule has 0 aliphatic heterocycles. The summed E-state index contributed by atoms with van der Waals surface area (Å²) in [4.78, 5) is 0.247. The van der Waals surface area contributed by atoms with Crippen LogP contribution in [0.25, 0.3) is 0 Å². The summed E-state index contributed by atoms with van der Waals surface area (Å²) < 4.78 is 29.0. The van der Waals surface area contributed by atoms with Crippen LogP contribution >= 0.6 is 11.8 Å². The number of hydrogen-bond donors (Lipinski definition) is 2. The van der Waals surface area contributed by atoms with Crippen molar-refractivity contribution in [1.82, 2.24) is 9.29 Å². The second kappa shape index (κ2) is 5.87. The predicted molar refractivity (Wildman–Crippen MR) is 76.8 cm³/mol. The Bertz CT molecular complexity index is 535. The number of hydrogen-bond acceptors (Lipinski definition) is 4. The van der Waals surface area contributed by atoms with Crippen LogP contribution in [0.5, 0.6) is 0 Å². The van der Waals surface area contributed by atoms with E-state index in [0.717, 1.165) is 18.6 Å². The molecule has 1 saturated carbocycles. The van der Waals surface area contributed by atoms with Crippen LogP contribution in [-0.4, -0.2) is 36.1 Å². The van der Waals surface area contributed by atoms with E-state index in [4.69, 9.17) is 0 Å². The molecule has 1 aliphatic rings. The summed E-state index contributed by atoms with van der Waals surface area (Å²) in [6.07, 6.45) is 5.69. The van der Waals surface area contributed by atoms with Crippen LogP contribution < -0.4 is 4.72 Å². The number of nitrogens with one attached hydrogen (secondary N) is 1. The van der Waals surface area contributed by atoms with Gasteiger partial charge >= 0.3 is 0 Å². The predicted octanol–water partition coefficient (Wildman–Crippen LogP) is 1.35.